The fourth-order valence-corrected chi connectivity index (χ4v) is 3.20. The number of alkyl halides is 1. The van der Waals surface area contributed by atoms with Crippen LogP contribution in [-0.4, -0.2) is 0 Å². The number of aryl methyl sites for hydroxylation is 1. The topological polar surface area (TPSA) is 0 Å². The molecule has 2 rings (SSSR count). The summed E-state index contributed by atoms with van der Waals surface area (Å²) in [6.45, 7) is 2.06. The van der Waals surface area contributed by atoms with E-state index in [0.29, 0.717) is 0 Å². The zero-order valence-electron chi connectivity index (χ0n) is 9.96. The largest absolute Gasteiger partial charge is 0.207 e. The maximum absolute atomic E-state index is 13.0. The van der Waals surface area contributed by atoms with Gasteiger partial charge in [-0.05, 0) is 59.2 Å². The Morgan fingerprint density at radius 2 is 1.83 bits per heavy atom. The molecule has 0 bridgehead atoms. The molecule has 0 saturated carbocycles. The summed E-state index contributed by atoms with van der Waals surface area (Å²) in [5.41, 5.74) is 3.42. The Morgan fingerprint density at radius 1 is 1.17 bits per heavy atom. The van der Waals surface area contributed by atoms with Crippen LogP contribution in [0.1, 0.15) is 22.1 Å². The van der Waals surface area contributed by atoms with Crippen molar-refractivity contribution in [2.45, 2.75) is 18.7 Å². The van der Waals surface area contributed by atoms with E-state index in [1.165, 1.54) is 23.3 Å². The molecule has 94 valence electrons. The maximum Gasteiger partial charge on any atom is 0.124 e. The van der Waals surface area contributed by atoms with Crippen LogP contribution in [0.5, 0.6) is 0 Å². The lowest BCUT2D eigenvalue weighted by molar-refractivity contribution is 0.625. The molecule has 0 aliphatic carbocycles. The van der Waals surface area contributed by atoms with Crippen LogP contribution in [0.3, 0.4) is 0 Å². The van der Waals surface area contributed by atoms with E-state index in [9.17, 15) is 4.39 Å². The Morgan fingerprint density at radius 3 is 2.44 bits per heavy atom. The summed E-state index contributed by atoms with van der Waals surface area (Å²) in [7, 11) is 0. The monoisotopic (exact) mass is 374 g/mol. The van der Waals surface area contributed by atoms with Crippen LogP contribution in [-0.2, 0) is 6.42 Å². The number of benzene rings is 2. The number of hydrogen-bond acceptors (Lipinski definition) is 0. The predicted octanol–water partition coefficient (Wildman–Crippen LogP) is 5.26. The van der Waals surface area contributed by atoms with Gasteiger partial charge in [0, 0.05) is 3.57 Å². The fraction of sp³-hybridized carbons (Fsp3) is 0.200. The van der Waals surface area contributed by atoms with Crippen molar-refractivity contribution in [3.05, 3.63) is 68.5 Å². The van der Waals surface area contributed by atoms with Crippen molar-refractivity contribution in [1.29, 1.82) is 0 Å². The Bertz CT molecular complexity index is 537. The van der Waals surface area contributed by atoms with Crippen molar-refractivity contribution in [2.24, 2.45) is 0 Å². The highest BCUT2D eigenvalue weighted by Gasteiger charge is 2.12. The molecule has 0 amide bonds. The van der Waals surface area contributed by atoms with E-state index in [1.54, 1.807) is 6.07 Å². The first-order valence-electron chi connectivity index (χ1n) is 5.71. The SMILES string of the molecule is Cc1ccc(CC(Cl)c2ccc(F)cc2I)cc1. The van der Waals surface area contributed by atoms with Crippen molar-refractivity contribution in [3.63, 3.8) is 0 Å². The summed E-state index contributed by atoms with van der Waals surface area (Å²) in [6.07, 6.45) is 0.753. The van der Waals surface area contributed by atoms with Crippen LogP contribution >= 0.6 is 34.2 Å². The average molecular weight is 375 g/mol. The number of rotatable bonds is 3. The first-order valence-corrected chi connectivity index (χ1v) is 7.22. The summed E-state index contributed by atoms with van der Waals surface area (Å²) >= 11 is 8.54. The predicted molar refractivity (Wildman–Crippen MR) is 82.6 cm³/mol. The third kappa shape index (κ3) is 3.45. The Hall–Kier alpha value is -0.610. The van der Waals surface area contributed by atoms with Crippen LogP contribution in [0.2, 0.25) is 0 Å². The second-order valence-corrected chi connectivity index (χ2v) is 6.01. The van der Waals surface area contributed by atoms with Gasteiger partial charge in [0.2, 0.25) is 0 Å². The van der Waals surface area contributed by atoms with Crippen molar-refractivity contribution >= 4 is 34.2 Å². The van der Waals surface area contributed by atoms with Crippen molar-refractivity contribution in [1.82, 2.24) is 0 Å². The van der Waals surface area contributed by atoms with Gasteiger partial charge in [-0.3, -0.25) is 0 Å². The van der Waals surface area contributed by atoms with Gasteiger partial charge in [0.15, 0.2) is 0 Å². The molecule has 0 aliphatic rings. The molecule has 2 aromatic rings. The van der Waals surface area contributed by atoms with Crippen LogP contribution < -0.4 is 0 Å². The summed E-state index contributed by atoms with van der Waals surface area (Å²) in [4.78, 5) is 0. The normalized spacial score (nSPS) is 12.4. The molecule has 0 nitrogen and oxygen atoms in total. The summed E-state index contributed by atoms with van der Waals surface area (Å²) in [5, 5.41) is -0.125. The molecule has 0 radical (unpaired) electrons. The Kier molecular flexibility index (Phi) is 4.62. The quantitative estimate of drug-likeness (QED) is 0.508. The Labute approximate surface area is 125 Å². The molecule has 1 atom stereocenters. The zero-order valence-corrected chi connectivity index (χ0v) is 12.9. The summed E-state index contributed by atoms with van der Waals surface area (Å²) in [6, 6.07) is 13.1. The molecule has 0 aliphatic heterocycles. The smallest absolute Gasteiger partial charge is 0.124 e. The van der Waals surface area contributed by atoms with E-state index in [0.717, 1.165) is 15.6 Å². The van der Waals surface area contributed by atoms with Gasteiger partial charge in [-0.15, -0.1) is 11.6 Å². The molecule has 0 N–H and O–H groups in total. The summed E-state index contributed by atoms with van der Waals surface area (Å²) in [5.74, 6) is -0.220. The average Bonchev–Trinajstić information content (AvgIpc) is 2.32. The highest BCUT2D eigenvalue weighted by molar-refractivity contribution is 14.1. The van der Waals surface area contributed by atoms with E-state index in [1.807, 2.05) is 0 Å². The fourth-order valence-electron chi connectivity index (χ4n) is 1.80. The minimum Gasteiger partial charge on any atom is -0.207 e. The van der Waals surface area contributed by atoms with E-state index in [4.69, 9.17) is 11.6 Å². The maximum atomic E-state index is 13.0. The number of hydrogen-bond donors (Lipinski definition) is 0. The van der Waals surface area contributed by atoms with Gasteiger partial charge in [-0.25, -0.2) is 4.39 Å². The first kappa shape index (κ1) is 13.8. The standard InChI is InChI=1S/C15H13ClFI/c1-10-2-4-11(5-3-10)8-14(16)13-7-6-12(17)9-15(13)18/h2-7,9,14H,8H2,1H3. The first-order chi connectivity index (χ1) is 8.56. The van der Waals surface area contributed by atoms with Crippen LogP contribution in [0.15, 0.2) is 42.5 Å². The minimum absolute atomic E-state index is 0.125. The van der Waals surface area contributed by atoms with Gasteiger partial charge in [0.25, 0.3) is 0 Å². The molecular formula is C15H13ClFI. The van der Waals surface area contributed by atoms with E-state index < -0.39 is 0 Å². The second-order valence-electron chi connectivity index (χ2n) is 4.32. The molecule has 0 saturated heterocycles. The lowest BCUT2D eigenvalue weighted by Gasteiger charge is -2.12. The second kappa shape index (κ2) is 6.02. The van der Waals surface area contributed by atoms with Crippen LogP contribution in [0, 0.1) is 16.3 Å². The Balaban J connectivity index is 2.16. The van der Waals surface area contributed by atoms with Gasteiger partial charge in [0.05, 0.1) is 5.38 Å². The van der Waals surface area contributed by atoms with E-state index in [-0.39, 0.29) is 11.2 Å². The molecule has 0 aromatic heterocycles. The molecule has 2 aromatic carbocycles. The molecule has 0 spiro atoms. The lowest BCUT2D eigenvalue weighted by atomic mass is 10.0. The van der Waals surface area contributed by atoms with Crippen LogP contribution in [0.25, 0.3) is 0 Å². The van der Waals surface area contributed by atoms with E-state index >= 15 is 0 Å². The highest BCUT2D eigenvalue weighted by Crippen LogP contribution is 2.29. The third-order valence-electron chi connectivity index (χ3n) is 2.84. The van der Waals surface area contributed by atoms with Gasteiger partial charge < -0.3 is 0 Å². The lowest BCUT2D eigenvalue weighted by Crippen LogP contribution is -1.99. The highest BCUT2D eigenvalue weighted by atomic mass is 127. The molecule has 18 heavy (non-hydrogen) atoms. The van der Waals surface area contributed by atoms with Gasteiger partial charge >= 0.3 is 0 Å². The van der Waals surface area contributed by atoms with Crippen molar-refractivity contribution < 1.29 is 4.39 Å². The van der Waals surface area contributed by atoms with Gasteiger partial charge in [-0.1, -0.05) is 35.9 Å². The van der Waals surface area contributed by atoms with Crippen molar-refractivity contribution in [3.8, 4) is 0 Å². The minimum atomic E-state index is -0.220. The van der Waals surface area contributed by atoms with E-state index in [2.05, 4.69) is 53.8 Å². The van der Waals surface area contributed by atoms with Gasteiger partial charge in [0.1, 0.15) is 5.82 Å². The van der Waals surface area contributed by atoms with Crippen LogP contribution in [0.4, 0.5) is 4.39 Å². The molecular weight excluding hydrogens is 362 g/mol. The van der Waals surface area contributed by atoms with Crippen molar-refractivity contribution in [2.75, 3.05) is 0 Å². The molecule has 0 fully saturated rings. The van der Waals surface area contributed by atoms with Gasteiger partial charge in [-0.2, -0.15) is 0 Å². The summed E-state index contributed by atoms with van der Waals surface area (Å²) < 4.78 is 13.9. The molecule has 3 heteroatoms. The zero-order chi connectivity index (χ0) is 13.1. The number of halogens is 3. The third-order valence-corrected chi connectivity index (χ3v) is 4.16. The molecule has 1 unspecified atom stereocenters. The molecule has 0 heterocycles.